The molecule has 1 aromatic carbocycles. The second kappa shape index (κ2) is 5.24. The highest BCUT2D eigenvalue weighted by Crippen LogP contribution is 2.07. The minimum atomic E-state index is -0.0763. The van der Waals surface area contributed by atoms with E-state index in [4.69, 9.17) is 0 Å². The highest BCUT2D eigenvalue weighted by Gasteiger charge is 2.09. The molecule has 1 fully saturated rings. The van der Waals surface area contributed by atoms with Crippen LogP contribution >= 0.6 is 0 Å². The van der Waals surface area contributed by atoms with E-state index >= 15 is 0 Å². The third-order valence-corrected chi connectivity index (χ3v) is 2.86. The van der Waals surface area contributed by atoms with Crippen LogP contribution in [0.2, 0.25) is 0 Å². The summed E-state index contributed by atoms with van der Waals surface area (Å²) in [6, 6.07) is 7.05. The molecule has 0 saturated carbocycles. The molecule has 15 heavy (non-hydrogen) atoms. The van der Waals surface area contributed by atoms with Gasteiger partial charge in [-0.05, 0) is 18.1 Å². The maximum atomic E-state index is 13.3. The topological polar surface area (TPSA) is 15.3 Å². The highest BCUT2D eigenvalue weighted by molar-refractivity contribution is 5.17. The van der Waals surface area contributed by atoms with E-state index in [2.05, 4.69) is 10.2 Å². The summed E-state index contributed by atoms with van der Waals surface area (Å²) in [6.45, 7) is 5.22. The Morgan fingerprint density at radius 3 is 2.67 bits per heavy atom. The van der Waals surface area contributed by atoms with Crippen molar-refractivity contribution in [2.24, 2.45) is 0 Å². The van der Waals surface area contributed by atoms with Crippen molar-refractivity contribution in [1.29, 1.82) is 0 Å². The van der Waals surface area contributed by atoms with Crippen molar-refractivity contribution in [3.8, 4) is 0 Å². The van der Waals surface area contributed by atoms with Crippen LogP contribution in [-0.2, 0) is 6.42 Å². The van der Waals surface area contributed by atoms with Gasteiger partial charge < -0.3 is 10.2 Å². The molecule has 0 radical (unpaired) electrons. The molecule has 0 spiro atoms. The van der Waals surface area contributed by atoms with Gasteiger partial charge in [0.1, 0.15) is 5.82 Å². The first-order valence-electron chi connectivity index (χ1n) is 5.53. The fraction of sp³-hybridized carbons (Fsp3) is 0.500. The number of nitrogens with one attached hydrogen (secondary N) is 1. The predicted molar refractivity (Wildman–Crippen MR) is 59.4 cm³/mol. The van der Waals surface area contributed by atoms with Gasteiger partial charge in [0.25, 0.3) is 0 Å². The summed E-state index contributed by atoms with van der Waals surface area (Å²) in [4.78, 5) is 2.38. The summed E-state index contributed by atoms with van der Waals surface area (Å²) >= 11 is 0. The minimum Gasteiger partial charge on any atom is -0.314 e. The number of hydrogen-bond acceptors (Lipinski definition) is 2. The Morgan fingerprint density at radius 1 is 1.20 bits per heavy atom. The molecule has 1 aromatic rings. The van der Waals surface area contributed by atoms with Gasteiger partial charge in [-0.2, -0.15) is 0 Å². The van der Waals surface area contributed by atoms with E-state index in [0.717, 1.165) is 44.7 Å². The summed E-state index contributed by atoms with van der Waals surface area (Å²) in [5.41, 5.74) is 0.830. The molecule has 1 aliphatic rings. The van der Waals surface area contributed by atoms with Gasteiger partial charge in [0, 0.05) is 32.7 Å². The third kappa shape index (κ3) is 3.01. The Labute approximate surface area is 90.1 Å². The Morgan fingerprint density at radius 2 is 1.93 bits per heavy atom. The molecule has 0 aliphatic carbocycles. The van der Waals surface area contributed by atoms with Gasteiger partial charge in [-0.15, -0.1) is 0 Å². The van der Waals surface area contributed by atoms with E-state index in [1.165, 1.54) is 6.07 Å². The lowest BCUT2D eigenvalue weighted by Gasteiger charge is -2.27. The summed E-state index contributed by atoms with van der Waals surface area (Å²) in [5, 5.41) is 3.31. The van der Waals surface area contributed by atoms with Crippen molar-refractivity contribution in [3.63, 3.8) is 0 Å². The second-order valence-electron chi connectivity index (χ2n) is 3.93. The summed E-state index contributed by atoms with van der Waals surface area (Å²) in [5.74, 6) is -0.0763. The van der Waals surface area contributed by atoms with Gasteiger partial charge in [0.05, 0.1) is 0 Å². The Hall–Kier alpha value is -0.930. The van der Waals surface area contributed by atoms with Gasteiger partial charge in [-0.1, -0.05) is 18.2 Å². The molecule has 0 unspecified atom stereocenters. The van der Waals surface area contributed by atoms with E-state index in [1.54, 1.807) is 6.07 Å². The number of benzene rings is 1. The summed E-state index contributed by atoms with van der Waals surface area (Å²) < 4.78 is 13.3. The molecular formula is C12H17FN2. The molecule has 2 rings (SSSR count). The zero-order valence-corrected chi connectivity index (χ0v) is 8.88. The van der Waals surface area contributed by atoms with Gasteiger partial charge >= 0.3 is 0 Å². The first-order valence-corrected chi connectivity index (χ1v) is 5.53. The number of hydrogen-bond donors (Lipinski definition) is 1. The fourth-order valence-electron chi connectivity index (χ4n) is 1.91. The summed E-state index contributed by atoms with van der Waals surface area (Å²) in [7, 11) is 0. The molecule has 2 nitrogen and oxygen atoms in total. The zero-order valence-electron chi connectivity index (χ0n) is 8.88. The standard InChI is InChI=1S/C12H17FN2/c13-12-4-2-1-3-11(12)5-8-15-9-6-14-7-10-15/h1-4,14H,5-10H2. The van der Waals surface area contributed by atoms with E-state index in [9.17, 15) is 4.39 Å². The first-order chi connectivity index (χ1) is 7.36. The molecule has 0 aromatic heterocycles. The highest BCUT2D eigenvalue weighted by atomic mass is 19.1. The molecule has 1 saturated heterocycles. The molecule has 0 amide bonds. The lowest BCUT2D eigenvalue weighted by molar-refractivity contribution is 0.243. The van der Waals surface area contributed by atoms with Crippen LogP contribution in [0.5, 0.6) is 0 Å². The van der Waals surface area contributed by atoms with Crippen molar-refractivity contribution in [1.82, 2.24) is 10.2 Å². The molecule has 1 heterocycles. The van der Waals surface area contributed by atoms with E-state index in [0.29, 0.717) is 0 Å². The van der Waals surface area contributed by atoms with Gasteiger partial charge in [-0.25, -0.2) is 4.39 Å². The van der Waals surface area contributed by atoms with Crippen molar-refractivity contribution < 1.29 is 4.39 Å². The monoisotopic (exact) mass is 208 g/mol. The SMILES string of the molecule is Fc1ccccc1CCN1CCNCC1. The van der Waals surface area contributed by atoms with Crippen LogP contribution in [0, 0.1) is 5.82 Å². The average molecular weight is 208 g/mol. The largest absolute Gasteiger partial charge is 0.314 e. The van der Waals surface area contributed by atoms with Crippen LogP contribution in [0.3, 0.4) is 0 Å². The number of piperazine rings is 1. The third-order valence-electron chi connectivity index (χ3n) is 2.86. The Bertz CT molecular complexity index is 308. The van der Waals surface area contributed by atoms with Crippen molar-refractivity contribution in [2.45, 2.75) is 6.42 Å². The van der Waals surface area contributed by atoms with Crippen molar-refractivity contribution in [3.05, 3.63) is 35.6 Å². The summed E-state index contributed by atoms with van der Waals surface area (Å²) in [6.07, 6.45) is 0.812. The van der Waals surface area contributed by atoms with E-state index < -0.39 is 0 Å². The minimum absolute atomic E-state index is 0.0763. The average Bonchev–Trinajstić information content (AvgIpc) is 2.29. The number of nitrogens with zero attached hydrogens (tertiary/aromatic N) is 1. The maximum Gasteiger partial charge on any atom is 0.126 e. The van der Waals surface area contributed by atoms with Crippen LogP contribution in [0.1, 0.15) is 5.56 Å². The number of rotatable bonds is 3. The molecule has 3 heteroatoms. The van der Waals surface area contributed by atoms with E-state index in [1.807, 2.05) is 12.1 Å². The second-order valence-corrected chi connectivity index (χ2v) is 3.93. The van der Waals surface area contributed by atoms with Crippen LogP contribution in [-0.4, -0.2) is 37.6 Å². The van der Waals surface area contributed by atoms with Crippen LogP contribution in [0.15, 0.2) is 24.3 Å². The molecule has 1 N–H and O–H groups in total. The van der Waals surface area contributed by atoms with Gasteiger partial charge in [-0.3, -0.25) is 0 Å². The fourth-order valence-corrected chi connectivity index (χ4v) is 1.91. The molecule has 0 bridgehead atoms. The molecule has 1 aliphatic heterocycles. The molecule has 82 valence electrons. The van der Waals surface area contributed by atoms with Crippen molar-refractivity contribution >= 4 is 0 Å². The first kappa shape index (κ1) is 10.6. The number of halogens is 1. The van der Waals surface area contributed by atoms with Crippen LogP contribution in [0.4, 0.5) is 4.39 Å². The van der Waals surface area contributed by atoms with Crippen molar-refractivity contribution in [2.75, 3.05) is 32.7 Å². The van der Waals surface area contributed by atoms with E-state index in [-0.39, 0.29) is 5.82 Å². The van der Waals surface area contributed by atoms with Gasteiger partial charge in [0.2, 0.25) is 0 Å². The quantitative estimate of drug-likeness (QED) is 0.805. The maximum absolute atomic E-state index is 13.3. The Kier molecular flexibility index (Phi) is 3.69. The van der Waals surface area contributed by atoms with Crippen LogP contribution < -0.4 is 5.32 Å². The molecule has 0 atom stereocenters. The Balaban J connectivity index is 1.84. The molecular weight excluding hydrogens is 191 g/mol. The zero-order chi connectivity index (χ0) is 10.5. The smallest absolute Gasteiger partial charge is 0.126 e. The lowest BCUT2D eigenvalue weighted by atomic mass is 10.1. The predicted octanol–water partition coefficient (Wildman–Crippen LogP) is 1.27. The normalized spacial score (nSPS) is 17.9. The lowest BCUT2D eigenvalue weighted by Crippen LogP contribution is -2.44. The van der Waals surface area contributed by atoms with Crippen LogP contribution in [0.25, 0.3) is 0 Å². The van der Waals surface area contributed by atoms with Gasteiger partial charge in [0.15, 0.2) is 0 Å².